The minimum Gasteiger partial charge on any atom is -0.506 e. The lowest BCUT2D eigenvalue weighted by Gasteiger charge is -2.33. The van der Waals surface area contributed by atoms with Crippen LogP contribution < -0.4 is 48.7 Å². The van der Waals surface area contributed by atoms with Crippen molar-refractivity contribution in [2.24, 2.45) is 23.3 Å². The predicted molar refractivity (Wildman–Crippen MR) is 305 cm³/mol. The molecule has 3 rings (SSSR count). The maximum atomic E-state index is 14.6. The smallest absolute Gasteiger partial charge is 0.326 e. The number of aliphatic hydroxyl groups excluding tert-OH is 1. The van der Waals surface area contributed by atoms with E-state index in [0.717, 1.165) is 11.0 Å². The Morgan fingerprint density at radius 1 is 0.563 bits per heavy atom. The summed E-state index contributed by atoms with van der Waals surface area (Å²) in [4.78, 5) is 188. The van der Waals surface area contributed by atoms with Crippen molar-refractivity contribution in [2.75, 3.05) is 13.1 Å². The number of aliphatic carboxylic acids is 4. The molecule has 484 valence electrons. The number of carboxylic acids is 4. The van der Waals surface area contributed by atoms with E-state index in [1.165, 1.54) is 24.0 Å². The highest BCUT2D eigenvalue weighted by Crippen LogP contribution is 2.26. The third kappa shape index (κ3) is 22.6. The topological polar surface area (TPSA) is 503 Å². The van der Waals surface area contributed by atoms with Crippen LogP contribution in [-0.4, -0.2) is 203 Å². The first-order valence-corrected chi connectivity index (χ1v) is 29.0. The first-order valence-electron chi connectivity index (χ1n) is 28.6. The largest absolute Gasteiger partial charge is 0.506 e. The summed E-state index contributed by atoms with van der Waals surface area (Å²) in [5.74, 6) is -17.1. The highest BCUT2D eigenvalue weighted by molar-refractivity contribution is 6.32. The Morgan fingerprint density at radius 3 is 1.44 bits per heavy atom. The third-order valence-corrected chi connectivity index (χ3v) is 15.6. The molecule has 0 spiro atoms. The van der Waals surface area contributed by atoms with Gasteiger partial charge in [0, 0.05) is 45.2 Å². The molecule has 2 heterocycles. The molecule has 31 nitrogen and oxygen atoms in total. The number of phenols is 1. The van der Waals surface area contributed by atoms with Gasteiger partial charge in [0.1, 0.15) is 66.2 Å². The number of likely N-dealkylation sites (tertiary alicyclic amines) is 2. The Hall–Kier alpha value is -8.19. The molecule has 87 heavy (non-hydrogen) atoms. The number of hydrogen-bond acceptors (Lipinski definition) is 17. The Balaban J connectivity index is 2.00. The lowest BCUT2D eigenvalue weighted by atomic mass is 9.96. The van der Waals surface area contributed by atoms with E-state index in [0.29, 0.717) is 12.8 Å². The van der Waals surface area contributed by atoms with Crippen LogP contribution in [0.4, 0.5) is 0 Å². The van der Waals surface area contributed by atoms with E-state index in [1.54, 1.807) is 27.7 Å². The molecule has 0 bridgehead atoms. The molecule has 32 heteroatoms. The van der Waals surface area contributed by atoms with E-state index in [-0.39, 0.29) is 55.1 Å². The first kappa shape index (κ1) is 73.1. The molecule has 0 aromatic heterocycles. The van der Waals surface area contributed by atoms with Crippen molar-refractivity contribution >= 4 is 94.5 Å². The number of halogens is 1. The van der Waals surface area contributed by atoms with Gasteiger partial charge in [-0.2, -0.15) is 0 Å². The molecule has 13 atom stereocenters. The number of benzene rings is 1. The fraction of sp³-hybridized carbons (Fsp3) is 0.636. The second-order valence-corrected chi connectivity index (χ2v) is 22.2. The molecule has 2 saturated heterocycles. The molecule has 0 unspecified atom stereocenters. The summed E-state index contributed by atoms with van der Waals surface area (Å²) in [6.07, 6.45) is -5.57. The zero-order valence-electron chi connectivity index (χ0n) is 49.1. The lowest BCUT2D eigenvalue weighted by Crippen LogP contribution is -2.61. The van der Waals surface area contributed by atoms with Crippen LogP contribution in [-0.2, 0) is 73.5 Å². The number of carbonyl (C=O) groups is 14. The van der Waals surface area contributed by atoms with Crippen LogP contribution in [0.1, 0.15) is 130 Å². The van der Waals surface area contributed by atoms with Crippen molar-refractivity contribution in [3.8, 4) is 5.75 Å². The van der Waals surface area contributed by atoms with Gasteiger partial charge in [0.15, 0.2) is 0 Å². The normalized spacial score (nSPS) is 18.5. The number of carboxylic acid groups (broad SMARTS) is 4. The van der Waals surface area contributed by atoms with E-state index in [2.05, 4.69) is 37.2 Å². The van der Waals surface area contributed by atoms with Crippen LogP contribution >= 0.6 is 11.6 Å². The Kier molecular flexibility index (Phi) is 29.2. The number of amides is 10. The predicted octanol–water partition coefficient (Wildman–Crippen LogP) is -2.29. The molecule has 10 amide bonds. The fourth-order valence-electron chi connectivity index (χ4n) is 9.70. The SMILES string of the molecule is CC[C@H](C)[C@H](NC(=O)[C@@H]1CCCN1C(=O)[C@@H](NC(=O)[C@H](CCC(=O)O)NC(=O)[C@H](CCC(=O)O)NC(=O)[C@H](Cc1ccc(O)c(Cl)c1)NC(=O)[C@H](CCC(N)=O)NC(=O)[C@@H]1CCCN1C(=O)[C@H](CCC(=O)O)NC(=O)[C@@H](N)[C@@H](C)O)[C@@H](C)CC)C(=O)O. The third-order valence-electron chi connectivity index (χ3n) is 15.3. The molecule has 2 aliphatic heterocycles. The number of aromatic hydroxyl groups is 1. The number of nitrogens with one attached hydrogen (secondary N) is 7. The Morgan fingerprint density at radius 2 is 0.977 bits per heavy atom. The maximum absolute atomic E-state index is 14.6. The molecule has 1 aromatic carbocycles. The van der Waals surface area contributed by atoms with Crippen molar-refractivity contribution in [1.82, 2.24) is 47.0 Å². The number of carbonyl (C=O) groups excluding carboxylic acids is 10. The molecule has 0 aliphatic carbocycles. The summed E-state index contributed by atoms with van der Waals surface area (Å²) in [6.45, 7) is 7.84. The van der Waals surface area contributed by atoms with E-state index in [9.17, 15) is 97.8 Å². The maximum Gasteiger partial charge on any atom is 0.326 e. The van der Waals surface area contributed by atoms with Crippen molar-refractivity contribution in [2.45, 2.75) is 197 Å². The molecule has 1 aromatic rings. The van der Waals surface area contributed by atoms with Gasteiger partial charge in [0.2, 0.25) is 59.1 Å². The van der Waals surface area contributed by atoms with Crippen molar-refractivity contribution in [3.63, 3.8) is 0 Å². The molecule has 17 N–H and O–H groups in total. The number of phenolic OH excluding ortho intramolecular Hbond substituents is 1. The van der Waals surface area contributed by atoms with Gasteiger partial charge >= 0.3 is 23.9 Å². The number of nitrogens with two attached hydrogens (primary N) is 2. The van der Waals surface area contributed by atoms with Crippen LogP contribution in [0.5, 0.6) is 5.75 Å². The van der Waals surface area contributed by atoms with Gasteiger partial charge in [-0.25, -0.2) is 4.79 Å². The zero-order valence-corrected chi connectivity index (χ0v) is 49.8. The summed E-state index contributed by atoms with van der Waals surface area (Å²) in [5.41, 5.74) is 11.3. The van der Waals surface area contributed by atoms with Crippen LogP contribution in [0.25, 0.3) is 0 Å². The number of nitrogens with zero attached hydrogens (tertiary/aromatic N) is 2. The molecule has 0 radical (unpaired) electrons. The van der Waals surface area contributed by atoms with E-state index in [4.69, 9.17) is 23.1 Å². The van der Waals surface area contributed by atoms with Crippen LogP contribution in [0.2, 0.25) is 5.02 Å². The molecule has 0 saturated carbocycles. The van der Waals surface area contributed by atoms with E-state index in [1.807, 2.05) is 0 Å². The van der Waals surface area contributed by atoms with E-state index >= 15 is 0 Å². The Labute approximate surface area is 506 Å². The van der Waals surface area contributed by atoms with Gasteiger partial charge in [0.25, 0.3) is 0 Å². The van der Waals surface area contributed by atoms with Crippen LogP contribution in [0.3, 0.4) is 0 Å². The van der Waals surface area contributed by atoms with Crippen LogP contribution in [0.15, 0.2) is 18.2 Å². The minimum atomic E-state index is -1.89. The number of hydrogen-bond donors (Lipinski definition) is 15. The van der Waals surface area contributed by atoms with Gasteiger partial charge in [-0.1, -0.05) is 58.2 Å². The van der Waals surface area contributed by atoms with Gasteiger partial charge in [-0.3, -0.25) is 62.3 Å². The summed E-state index contributed by atoms with van der Waals surface area (Å²) in [7, 11) is 0. The van der Waals surface area contributed by atoms with Crippen LogP contribution in [0, 0.1) is 11.8 Å². The van der Waals surface area contributed by atoms with Crippen molar-refractivity contribution in [1.29, 1.82) is 0 Å². The summed E-state index contributed by atoms with van der Waals surface area (Å²) < 4.78 is 0. The lowest BCUT2D eigenvalue weighted by molar-refractivity contribution is -0.146. The van der Waals surface area contributed by atoms with Gasteiger partial charge in [-0.15, -0.1) is 0 Å². The monoisotopic (exact) mass is 1250 g/mol. The summed E-state index contributed by atoms with van der Waals surface area (Å²) in [5, 5.41) is 75.5. The van der Waals surface area contributed by atoms with Gasteiger partial charge in [-0.05, 0) is 87.8 Å². The summed E-state index contributed by atoms with van der Waals surface area (Å²) in [6, 6.07) is -11.8. The zero-order chi connectivity index (χ0) is 65.6. The minimum absolute atomic E-state index is 0.0217. The average molecular weight is 1250 g/mol. The first-order chi connectivity index (χ1) is 40.8. The van der Waals surface area contributed by atoms with Gasteiger partial charge < -0.3 is 89.1 Å². The fourth-order valence-corrected chi connectivity index (χ4v) is 9.91. The molecular formula is C55H82ClN11O20. The molecule has 2 fully saturated rings. The average Bonchev–Trinajstić information content (AvgIpc) is 2.65. The number of rotatable bonds is 36. The van der Waals surface area contributed by atoms with Gasteiger partial charge in [0.05, 0.1) is 11.1 Å². The summed E-state index contributed by atoms with van der Waals surface area (Å²) >= 11 is 6.19. The molecular weight excluding hydrogens is 1170 g/mol. The standard InChI is InChI=1S/C55H82ClN11O20/c1-6-26(3)44(54(85)67-23-9-11-37(67)51(82)65-45(55(86)87)27(4)7-2)64-48(79)33(15-20-41(73)74)59-46(77)32(14-19-40(71)72)60-49(80)35(25-29-12-17-38(69)30(56)24-29)63-47(78)31(13-18-39(57)70)61-50(81)36-10-8-22-66(36)53(84)34(16-21-42(75)76)62-52(83)43(58)28(5)68/h12,17,24,26-28,31-37,43-45,68-69H,6-11,13-16,18-23,25,58H2,1-5H3,(H2,57,70)(H,59,77)(H,60,80)(H,61,81)(H,62,83)(H,63,78)(H,64,79)(H,65,82)(H,71,72)(H,73,74)(H,75,76)(H,86,87)/t26-,27-,28+,31-,32-,33-,34-,35-,36-,37-,43-,44-,45-/m0/s1. The second kappa shape index (κ2) is 34.8. The molecule has 2 aliphatic rings. The van der Waals surface area contributed by atoms with E-state index < -0.39 is 219 Å². The second-order valence-electron chi connectivity index (χ2n) is 21.8. The number of primary amides is 1. The highest BCUT2D eigenvalue weighted by atomic mass is 35.5. The Bertz CT molecular complexity index is 2700. The quantitative estimate of drug-likeness (QED) is 0.0336. The number of aliphatic hydroxyl groups is 1. The highest BCUT2D eigenvalue weighted by Gasteiger charge is 2.43. The van der Waals surface area contributed by atoms with Crippen molar-refractivity contribution < 1.29 is 97.8 Å². The van der Waals surface area contributed by atoms with Crippen molar-refractivity contribution in [3.05, 3.63) is 28.8 Å².